The molecule has 1 aromatic heterocycles. The molecule has 1 atom stereocenters. The summed E-state index contributed by atoms with van der Waals surface area (Å²) in [7, 11) is -2.92. The summed E-state index contributed by atoms with van der Waals surface area (Å²) in [5.74, 6) is 0.913. The lowest BCUT2D eigenvalue weighted by molar-refractivity contribution is 0.162. The molecule has 24 heavy (non-hydrogen) atoms. The fraction of sp³-hybridized carbons (Fsp3) is 0.467. The molecule has 2 heterocycles. The molecule has 0 radical (unpaired) electrons. The maximum Gasteiger partial charge on any atom is 0.288 e. The monoisotopic (exact) mass is 431 g/mol. The van der Waals surface area contributed by atoms with Gasteiger partial charge in [0, 0.05) is 16.1 Å². The Morgan fingerprint density at radius 2 is 2.12 bits per heavy atom. The number of sulfone groups is 1. The first-order valence-electron chi connectivity index (χ1n) is 7.66. The summed E-state index contributed by atoms with van der Waals surface area (Å²) in [6.45, 7) is 3.16. The zero-order chi connectivity index (χ0) is 17.3. The van der Waals surface area contributed by atoms with Crippen LogP contribution in [-0.4, -0.2) is 47.2 Å². The standard InChI is InChI=1S/C15H18BrN3O3S2/c1-2-18(13-7-8-24(20,21)9-13)10-19-15(23)22-14(17-19)11-3-5-12(16)6-4-11/h3-6,13H,2,7-10H2,1H3/t13-/m0/s1. The van der Waals surface area contributed by atoms with E-state index in [1.807, 2.05) is 31.2 Å². The van der Waals surface area contributed by atoms with Crippen molar-refractivity contribution in [3.05, 3.63) is 33.6 Å². The van der Waals surface area contributed by atoms with E-state index in [1.165, 1.54) is 0 Å². The van der Waals surface area contributed by atoms with Crippen molar-refractivity contribution < 1.29 is 12.8 Å². The third-order valence-corrected chi connectivity index (χ3v) is 6.72. The first-order chi connectivity index (χ1) is 11.4. The molecule has 9 heteroatoms. The van der Waals surface area contributed by atoms with Crippen LogP contribution in [0, 0.1) is 4.84 Å². The second-order valence-electron chi connectivity index (χ2n) is 5.78. The lowest BCUT2D eigenvalue weighted by Gasteiger charge is -2.25. The van der Waals surface area contributed by atoms with E-state index in [2.05, 4.69) is 25.9 Å². The highest BCUT2D eigenvalue weighted by molar-refractivity contribution is 9.10. The molecule has 0 spiro atoms. The van der Waals surface area contributed by atoms with Crippen molar-refractivity contribution in [2.24, 2.45) is 0 Å². The van der Waals surface area contributed by atoms with Gasteiger partial charge in [-0.2, -0.15) is 0 Å². The molecular weight excluding hydrogens is 414 g/mol. The molecule has 0 bridgehead atoms. The Bertz CT molecular complexity index is 874. The Kier molecular flexibility index (Phi) is 5.24. The van der Waals surface area contributed by atoms with Crippen molar-refractivity contribution in [1.82, 2.24) is 14.7 Å². The fourth-order valence-corrected chi connectivity index (χ4v) is 5.02. The molecule has 1 aliphatic rings. The minimum atomic E-state index is -2.92. The van der Waals surface area contributed by atoms with Crippen molar-refractivity contribution in [3.8, 4) is 11.5 Å². The highest BCUT2D eigenvalue weighted by Gasteiger charge is 2.32. The quantitative estimate of drug-likeness (QED) is 0.677. The Morgan fingerprint density at radius 3 is 2.71 bits per heavy atom. The Labute approximate surface area is 154 Å². The number of aromatic nitrogens is 2. The highest BCUT2D eigenvalue weighted by Crippen LogP contribution is 2.22. The third-order valence-electron chi connectivity index (χ3n) is 4.14. The lowest BCUT2D eigenvalue weighted by Crippen LogP contribution is -2.37. The molecule has 6 nitrogen and oxygen atoms in total. The van der Waals surface area contributed by atoms with Crippen LogP contribution in [0.4, 0.5) is 0 Å². The predicted molar refractivity (Wildman–Crippen MR) is 97.9 cm³/mol. The van der Waals surface area contributed by atoms with Crippen molar-refractivity contribution >= 4 is 38.0 Å². The molecule has 1 aromatic carbocycles. The minimum Gasteiger partial charge on any atom is -0.409 e. The van der Waals surface area contributed by atoms with Crippen LogP contribution in [0.3, 0.4) is 0 Å². The van der Waals surface area contributed by atoms with Gasteiger partial charge in [-0.3, -0.25) is 4.90 Å². The molecule has 0 amide bonds. The van der Waals surface area contributed by atoms with E-state index >= 15 is 0 Å². The van der Waals surface area contributed by atoms with Crippen LogP contribution in [0.2, 0.25) is 0 Å². The largest absolute Gasteiger partial charge is 0.409 e. The number of benzene rings is 1. The summed E-state index contributed by atoms with van der Waals surface area (Å²) < 4.78 is 31.6. The second kappa shape index (κ2) is 7.07. The fourth-order valence-electron chi connectivity index (χ4n) is 2.81. The van der Waals surface area contributed by atoms with E-state index in [-0.39, 0.29) is 22.4 Å². The van der Waals surface area contributed by atoms with Gasteiger partial charge < -0.3 is 4.42 Å². The molecular formula is C15H18BrN3O3S2. The summed E-state index contributed by atoms with van der Waals surface area (Å²) in [5.41, 5.74) is 0.842. The normalized spacial score (nSPS) is 19.9. The summed E-state index contributed by atoms with van der Waals surface area (Å²) in [6, 6.07) is 7.63. The van der Waals surface area contributed by atoms with E-state index in [0.29, 0.717) is 19.0 Å². The second-order valence-corrected chi connectivity index (χ2v) is 9.28. The first kappa shape index (κ1) is 17.8. The molecule has 0 saturated carbocycles. The maximum absolute atomic E-state index is 11.7. The highest BCUT2D eigenvalue weighted by atomic mass is 79.9. The van der Waals surface area contributed by atoms with Gasteiger partial charge in [0.2, 0.25) is 5.89 Å². The molecule has 2 aromatic rings. The Hall–Kier alpha value is -1.03. The molecule has 1 aliphatic heterocycles. The first-order valence-corrected chi connectivity index (χ1v) is 10.7. The van der Waals surface area contributed by atoms with Gasteiger partial charge in [-0.15, -0.1) is 5.10 Å². The van der Waals surface area contributed by atoms with Gasteiger partial charge in [0.05, 0.1) is 18.2 Å². The SMILES string of the molecule is CCN(Cn1nc(-c2ccc(Br)cc2)oc1=S)[C@H]1CCS(=O)(=O)C1. The number of halogens is 1. The average Bonchev–Trinajstić information content (AvgIpc) is 3.08. The van der Waals surface area contributed by atoms with Crippen molar-refractivity contribution in [2.75, 3.05) is 18.1 Å². The zero-order valence-electron chi connectivity index (χ0n) is 13.2. The summed E-state index contributed by atoms with van der Waals surface area (Å²) >= 11 is 8.66. The van der Waals surface area contributed by atoms with Gasteiger partial charge in [0.25, 0.3) is 4.84 Å². The number of hydrogen-bond acceptors (Lipinski definition) is 6. The van der Waals surface area contributed by atoms with Crippen molar-refractivity contribution in [3.63, 3.8) is 0 Å². The van der Waals surface area contributed by atoms with E-state index in [4.69, 9.17) is 16.6 Å². The molecule has 0 aliphatic carbocycles. The third kappa shape index (κ3) is 3.96. The topological polar surface area (TPSA) is 68.3 Å². The molecule has 1 saturated heterocycles. The van der Waals surface area contributed by atoms with Gasteiger partial charge in [-0.25, -0.2) is 13.1 Å². The molecule has 3 rings (SSSR count). The van der Waals surface area contributed by atoms with Gasteiger partial charge in [-0.1, -0.05) is 22.9 Å². The molecule has 130 valence electrons. The zero-order valence-corrected chi connectivity index (χ0v) is 16.4. The van der Waals surface area contributed by atoms with Gasteiger partial charge in [0.1, 0.15) is 0 Å². The molecule has 1 fully saturated rings. The van der Waals surface area contributed by atoms with E-state index in [0.717, 1.165) is 16.6 Å². The van der Waals surface area contributed by atoms with Crippen LogP contribution in [0.25, 0.3) is 11.5 Å². The Morgan fingerprint density at radius 1 is 1.42 bits per heavy atom. The number of hydrogen-bond donors (Lipinski definition) is 0. The van der Waals surface area contributed by atoms with Crippen LogP contribution in [-0.2, 0) is 16.5 Å². The van der Waals surface area contributed by atoms with Crippen LogP contribution in [0.5, 0.6) is 0 Å². The van der Waals surface area contributed by atoms with Gasteiger partial charge in [0.15, 0.2) is 9.84 Å². The predicted octanol–water partition coefficient (Wildman–Crippen LogP) is 3.10. The Balaban J connectivity index is 1.80. The van der Waals surface area contributed by atoms with Crippen LogP contribution < -0.4 is 0 Å². The summed E-state index contributed by atoms with van der Waals surface area (Å²) in [5, 5.41) is 4.44. The molecule has 0 unspecified atom stereocenters. The number of rotatable bonds is 5. The maximum atomic E-state index is 11.7. The average molecular weight is 432 g/mol. The molecule has 0 N–H and O–H groups in total. The smallest absolute Gasteiger partial charge is 0.288 e. The van der Waals surface area contributed by atoms with Crippen LogP contribution in [0.1, 0.15) is 13.3 Å². The van der Waals surface area contributed by atoms with Crippen LogP contribution in [0.15, 0.2) is 33.2 Å². The van der Waals surface area contributed by atoms with Crippen molar-refractivity contribution in [2.45, 2.75) is 26.1 Å². The van der Waals surface area contributed by atoms with E-state index in [1.54, 1.807) is 4.68 Å². The van der Waals surface area contributed by atoms with Gasteiger partial charge in [-0.05, 0) is 49.4 Å². The van der Waals surface area contributed by atoms with E-state index in [9.17, 15) is 8.42 Å². The number of nitrogens with zero attached hydrogens (tertiary/aromatic N) is 3. The minimum absolute atomic E-state index is 0.00901. The summed E-state index contributed by atoms with van der Waals surface area (Å²) in [4.78, 5) is 2.36. The van der Waals surface area contributed by atoms with Crippen LogP contribution >= 0.6 is 28.1 Å². The van der Waals surface area contributed by atoms with Gasteiger partial charge >= 0.3 is 0 Å². The summed E-state index contributed by atoms with van der Waals surface area (Å²) in [6.07, 6.45) is 0.654. The lowest BCUT2D eigenvalue weighted by atomic mass is 10.2. The van der Waals surface area contributed by atoms with E-state index < -0.39 is 9.84 Å². The van der Waals surface area contributed by atoms with Crippen molar-refractivity contribution in [1.29, 1.82) is 0 Å².